The number of carbonyl (C=O) groups is 1. The maximum atomic E-state index is 13.0. The molecule has 31 heavy (non-hydrogen) atoms. The minimum atomic E-state index is -1.43. The summed E-state index contributed by atoms with van der Waals surface area (Å²) in [5.41, 5.74) is 7.66. The summed E-state index contributed by atoms with van der Waals surface area (Å²) < 4.78 is 22.6. The molecule has 3 N–H and O–H groups in total. The summed E-state index contributed by atoms with van der Waals surface area (Å²) in [6, 6.07) is 5.56. The van der Waals surface area contributed by atoms with Gasteiger partial charge >= 0.3 is 5.97 Å². The molecule has 3 aromatic rings. The Hall–Kier alpha value is -3.18. The van der Waals surface area contributed by atoms with Gasteiger partial charge in [-0.2, -0.15) is 9.78 Å². The van der Waals surface area contributed by atoms with E-state index in [1.165, 1.54) is 24.4 Å². The number of anilines is 1. The van der Waals surface area contributed by atoms with Crippen molar-refractivity contribution in [1.82, 2.24) is 29.5 Å². The molecule has 3 saturated carbocycles. The molecule has 2 bridgehead atoms. The number of nitrogen functional groups attached to an aromatic ring is 1. The van der Waals surface area contributed by atoms with Crippen molar-refractivity contribution in [2.45, 2.75) is 36.6 Å². The van der Waals surface area contributed by atoms with Gasteiger partial charge in [0, 0.05) is 11.1 Å². The Labute approximate surface area is 180 Å². The normalized spacial score (nSPS) is 24.7. The molecule has 2 heterocycles. The molecule has 0 saturated heterocycles. The van der Waals surface area contributed by atoms with Crippen molar-refractivity contribution in [3.8, 4) is 17.1 Å². The number of carbonyl (C=O) groups excluding carboxylic acids is 1. The summed E-state index contributed by atoms with van der Waals surface area (Å²) in [7, 11) is -0.0252. The molecule has 0 radical (unpaired) electrons. The van der Waals surface area contributed by atoms with Gasteiger partial charge in [0.15, 0.2) is 11.6 Å². The van der Waals surface area contributed by atoms with E-state index < -0.39 is 11.0 Å². The second kappa shape index (κ2) is 6.92. The first-order chi connectivity index (χ1) is 14.8. The van der Waals surface area contributed by atoms with E-state index in [0.29, 0.717) is 35.7 Å². The topological polar surface area (TPSA) is 138 Å². The predicted octanol–water partition coefficient (Wildman–Crippen LogP) is 1.32. The molecule has 0 aliphatic heterocycles. The second-order valence-corrected chi connectivity index (χ2v) is 9.45. The average molecular weight is 440 g/mol. The number of nitrogens with one attached hydrogen (secondary N) is 1. The second-order valence-electron chi connectivity index (χ2n) is 8.23. The first-order valence-electron chi connectivity index (χ1n) is 9.71. The van der Waals surface area contributed by atoms with Gasteiger partial charge < -0.3 is 10.5 Å². The van der Waals surface area contributed by atoms with Crippen LogP contribution in [0.25, 0.3) is 17.1 Å². The summed E-state index contributed by atoms with van der Waals surface area (Å²) >= 11 is 0. The van der Waals surface area contributed by atoms with E-state index in [0.717, 1.165) is 11.1 Å². The van der Waals surface area contributed by atoms with Gasteiger partial charge in [-0.15, -0.1) is 0 Å². The SMILES string of the molecule is COC(=O)C12CC(NS(=O)c3ccc(C)c(-c4cnc(N)c(-n5cncn5)n4)c3)(C1)C2. The van der Waals surface area contributed by atoms with Crippen LogP contribution in [0.1, 0.15) is 24.8 Å². The largest absolute Gasteiger partial charge is 0.469 e. The fourth-order valence-electron chi connectivity index (χ4n) is 4.58. The summed E-state index contributed by atoms with van der Waals surface area (Å²) in [4.78, 5) is 25.2. The van der Waals surface area contributed by atoms with E-state index >= 15 is 0 Å². The molecule has 160 valence electrons. The number of benzene rings is 1. The summed E-state index contributed by atoms with van der Waals surface area (Å²) in [5, 5.41) is 4.07. The van der Waals surface area contributed by atoms with Crippen molar-refractivity contribution < 1.29 is 13.7 Å². The van der Waals surface area contributed by atoms with Crippen LogP contribution in [0.4, 0.5) is 5.82 Å². The van der Waals surface area contributed by atoms with Crippen molar-refractivity contribution >= 4 is 22.8 Å². The molecule has 11 heteroatoms. The minimum absolute atomic E-state index is 0.176. The van der Waals surface area contributed by atoms with Gasteiger partial charge in [-0.05, 0) is 43.9 Å². The summed E-state index contributed by atoms with van der Waals surface area (Å²) in [6.45, 7) is 1.95. The summed E-state index contributed by atoms with van der Waals surface area (Å²) in [5.74, 6) is 0.433. The van der Waals surface area contributed by atoms with Crippen molar-refractivity contribution in [1.29, 1.82) is 0 Å². The molecule has 3 aliphatic carbocycles. The molecule has 1 atom stereocenters. The number of hydrogen-bond donors (Lipinski definition) is 2. The van der Waals surface area contributed by atoms with Crippen LogP contribution in [0.5, 0.6) is 0 Å². The van der Waals surface area contributed by atoms with Crippen molar-refractivity contribution in [3.63, 3.8) is 0 Å². The van der Waals surface area contributed by atoms with E-state index in [1.54, 1.807) is 6.20 Å². The molecule has 3 aliphatic rings. The molecule has 1 aromatic carbocycles. The van der Waals surface area contributed by atoms with Crippen LogP contribution < -0.4 is 10.5 Å². The zero-order valence-electron chi connectivity index (χ0n) is 17.0. The highest BCUT2D eigenvalue weighted by molar-refractivity contribution is 7.83. The standard InChI is InChI=1S/C20H21N7O3S/c1-12-3-4-13(31(29)26-20-7-19(8-20,9-20)18(28)30-2)5-14(12)15-6-23-16(21)17(25-15)27-11-22-10-24-27/h3-6,10-11,26H,7-9H2,1-2H3,(H2,21,23). The average Bonchev–Trinajstić information content (AvgIpc) is 3.24. The smallest absolute Gasteiger partial charge is 0.312 e. The van der Waals surface area contributed by atoms with Gasteiger partial charge in [0.1, 0.15) is 23.6 Å². The predicted molar refractivity (Wildman–Crippen MR) is 112 cm³/mol. The van der Waals surface area contributed by atoms with E-state index in [1.807, 2.05) is 25.1 Å². The number of nitrogens with two attached hydrogens (primary N) is 1. The van der Waals surface area contributed by atoms with Gasteiger partial charge in [-0.25, -0.2) is 23.9 Å². The van der Waals surface area contributed by atoms with Crippen LogP contribution in [-0.2, 0) is 20.5 Å². The van der Waals surface area contributed by atoms with E-state index in [2.05, 4.69) is 24.8 Å². The molecule has 1 unspecified atom stereocenters. The Balaban J connectivity index is 1.39. The number of aryl methyl sites for hydroxylation is 1. The van der Waals surface area contributed by atoms with E-state index in [9.17, 15) is 9.00 Å². The Morgan fingerprint density at radius 3 is 2.77 bits per heavy atom. The number of hydrogen-bond acceptors (Lipinski definition) is 8. The fourth-order valence-corrected chi connectivity index (χ4v) is 5.73. The number of esters is 1. The zero-order chi connectivity index (χ0) is 21.8. The number of nitrogens with zero attached hydrogens (tertiary/aromatic N) is 5. The van der Waals surface area contributed by atoms with Gasteiger partial charge in [0.2, 0.25) is 0 Å². The lowest BCUT2D eigenvalue weighted by molar-refractivity contribution is -0.197. The van der Waals surface area contributed by atoms with Crippen molar-refractivity contribution in [2.75, 3.05) is 12.8 Å². The Morgan fingerprint density at radius 2 is 2.10 bits per heavy atom. The monoisotopic (exact) mass is 439 g/mol. The van der Waals surface area contributed by atoms with Crippen LogP contribution >= 0.6 is 0 Å². The maximum absolute atomic E-state index is 13.0. The molecular weight excluding hydrogens is 418 g/mol. The third-order valence-electron chi connectivity index (χ3n) is 6.07. The first kappa shape index (κ1) is 19.8. The lowest BCUT2D eigenvalue weighted by atomic mass is 9.40. The number of aromatic nitrogens is 5. The molecular formula is C20H21N7O3S. The number of ether oxygens (including phenoxy) is 1. The van der Waals surface area contributed by atoms with Gasteiger partial charge in [-0.3, -0.25) is 4.79 Å². The molecule has 6 rings (SSSR count). The van der Waals surface area contributed by atoms with Crippen LogP contribution in [0.3, 0.4) is 0 Å². The maximum Gasteiger partial charge on any atom is 0.312 e. The number of methoxy groups -OCH3 is 1. The lowest BCUT2D eigenvalue weighted by Crippen LogP contribution is -2.76. The lowest BCUT2D eigenvalue weighted by Gasteiger charge is -2.68. The van der Waals surface area contributed by atoms with E-state index in [4.69, 9.17) is 10.5 Å². The highest BCUT2D eigenvalue weighted by Gasteiger charge is 2.72. The quantitative estimate of drug-likeness (QED) is 0.549. The molecule has 2 aromatic heterocycles. The Kier molecular flexibility index (Phi) is 4.41. The third-order valence-corrected chi connectivity index (χ3v) is 7.37. The van der Waals surface area contributed by atoms with Crippen molar-refractivity contribution in [3.05, 3.63) is 42.6 Å². The van der Waals surface area contributed by atoms with Gasteiger partial charge in [-0.1, -0.05) is 6.07 Å². The molecule has 3 fully saturated rings. The number of rotatable bonds is 6. The van der Waals surface area contributed by atoms with Crippen LogP contribution in [0, 0.1) is 12.3 Å². The zero-order valence-corrected chi connectivity index (χ0v) is 17.8. The molecule has 10 nitrogen and oxygen atoms in total. The summed E-state index contributed by atoms with van der Waals surface area (Å²) in [6.07, 6.45) is 6.44. The van der Waals surface area contributed by atoms with Crippen molar-refractivity contribution in [2.24, 2.45) is 5.41 Å². The Bertz CT molecular complexity index is 1190. The third kappa shape index (κ3) is 3.12. The van der Waals surface area contributed by atoms with Gasteiger partial charge in [0.05, 0.1) is 29.3 Å². The molecule has 0 amide bonds. The Morgan fingerprint density at radius 1 is 1.32 bits per heavy atom. The first-order valence-corrected chi connectivity index (χ1v) is 10.9. The van der Waals surface area contributed by atoms with Crippen LogP contribution in [-0.4, -0.2) is 47.6 Å². The van der Waals surface area contributed by atoms with Gasteiger partial charge in [0.25, 0.3) is 0 Å². The minimum Gasteiger partial charge on any atom is -0.469 e. The highest BCUT2D eigenvalue weighted by atomic mass is 32.2. The van der Waals surface area contributed by atoms with Crippen LogP contribution in [0.15, 0.2) is 41.9 Å². The molecule has 0 spiro atoms. The fraction of sp³-hybridized carbons (Fsp3) is 0.350. The highest BCUT2D eigenvalue weighted by Crippen LogP contribution is 2.67. The van der Waals surface area contributed by atoms with E-state index in [-0.39, 0.29) is 22.7 Å². The van der Waals surface area contributed by atoms with Crippen LogP contribution in [0.2, 0.25) is 0 Å².